The van der Waals surface area contributed by atoms with Gasteiger partial charge in [-0.05, 0) is 32.0 Å². The van der Waals surface area contributed by atoms with Gasteiger partial charge in [0.25, 0.3) is 0 Å². The number of para-hydroxylation sites is 2. The largest absolute Gasteiger partial charge is 0.385 e. The zero-order valence-corrected chi connectivity index (χ0v) is 12.7. The molecule has 4 nitrogen and oxygen atoms in total. The molecule has 2 aromatic rings. The maximum Gasteiger partial charge on any atom is 0.109 e. The second-order valence-corrected chi connectivity index (χ2v) is 5.14. The molecule has 1 aromatic carbocycles. The van der Waals surface area contributed by atoms with Gasteiger partial charge in [0.05, 0.1) is 11.0 Å². The summed E-state index contributed by atoms with van der Waals surface area (Å²) in [5.74, 6) is 1.16. The number of ether oxygens (including phenoxy) is 1. The first-order chi connectivity index (χ1) is 9.77. The second kappa shape index (κ2) is 7.41. The van der Waals surface area contributed by atoms with Crippen molar-refractivity contribution in [2.24, 2.45) is 0 Å². The molecule has 0 aliphatic rings. The van der Waals surface area contributed by atoms with Gasteiger partial charge in [-0.15, -0.1) is 0 Å². The molecule has 1 atom stereocenters. The summed E-state index contributed by atoms with van der Waals surface area (Å²) in [6, 6.07) is 8.78. The number of hydrogen-bond acceptors (Lipinski definition) is 3. The second-order valence-electron chi connectivity index (χ2n) is 5.14. The Bertz CT molecular complexity index is 536. The predicted octanol–water partition coefficient (Wildman–Crippen LogP) is 2.79. The van der Waals surface area contributed by atoms with Gasteiger partial charge in [-0.3, -0.25) is 0 Å². The van der Waals surface area contributed by atoms with Crippen molar-refractivity contribution in [1.82, 2.24) is 14.9 Å². The quantitative estimate of drug-likeness (QED) is 0.753. The van der Waals surface area contributed by atoms with Gasteiger partial charge >= 0.3 is 0 Å². The highest BCUT2D eigenvalue weighted by Gasteiger charge is 2.13. The van der Waals surface area contributed by atoms with Crippen LogP contribution in [0.15, 0.2) is 24.3 Å². The van der Waals surface area contributed by atoms with E-state index in [1.54, 1.807) is 7.11 Å². The van der Waals surface area contributed by atoms with Crippen LogP contribution in [0.4, 0.5) is 0 Å². The maximum absolute atomic E-state index is 5.06. The molecular formula is C16H25N3O. The Morgan fingerprint density at radius 3 is 2.90 bits per heavy atom. The third-order valence-corrected chi connectivity index (χ3v) is 3.57. The van der Waals surface area contributed by atoms with Gasteiger partial charge in [0.15, 0.2) is 0 Å². The van der Waals surface area contributed by atoms with Crippen molar-refractivity contribution < 1.29 is 4.74 Å². The van der Waals surface area contributed by atoms with Crippen molar-refractivity contribution in [2.45, 2.75) is 32.7 Å². The highest BCUT2D eigenvalue weighted by molar-refractivity contribution is 5.76. The molecule has 0 fully saturated rings. The lowest BCUT2D eigenvalue weighted by Gasteiger charge is -2.18. The zero-order valence-electron chi connectivity index (χ0n) is 12.7. The molecule has 110 valence electrons. The van der Waals surface area contributed by atoms with E-state index in [9.17, 15) is 0 Å². The predicted molar refractivity (Wildman–Crippen MR) is 83.2 cm³/mol. The Hall–Kier alpha value is -1.39. The third-order valence-electron chi connectivity index (χ3n) is 3.57. The number of aromatic nitrogens is 2. The van der Waals surface area contributed by atoms with Crippen LogP contribution in [0.1, 0.15) is 32.1 Å². The molecule has 0 radical (unpaired) electrons. The van der Waals surface area contributed by atoms with Crippen molar-refractivity contribution in [3.63, 3.8) is 0 Å². The Balaban J connectivity index is 2.06. The van der Waals surface area contributed by atoms with Gasteiger partial charge in [-0.1, -0.05) is 19.1 Å². The van der Waals surface area contributed by atoms with Crippen LogP contribution >= 0.6 is 0 Å². The first-order valence-corrected chi connectivity index (χ1v) is 7.43. The highest BCUT2D eigenvalue weighted by Crippen LogP contribution is 2.21. The molecule has 2 rings (SSSR count). The fourth-order valence-corrected chi connectivity index (χ4v) is 2.58. The van der Waals surface area contributed by atoms with E-state index >= 15 is 0 Å². The molecule has 1 heterocycles. The normalized spacial score (nSPS) is 12.9. The summed E-state index contributed by atoms with van der Waals surface area (Å²) in [5.41, 5.74) is 2.33. The van der Waals surface area contributed by atoms with E-state index in [0.717, 1.165) is 43.9 Å². The number of nitrogens with one attached hydrogen (secondary N) is 1. The number of nitrogens with zero attached hydrogens (tertiary/aromatic N) is 2. The lowest BCUT2D eigenvalue weighted by molar-refractivity contribution is 0.194. The molecule has 0 saturated carbocycles. The van der Waals surface area contributed by atoms with Crippen LogP contribution in [0.25, 0.3) is 11.0 Å². The number of aryl methyl sites for hydroxylation is 1. The maximum atomic E-state index is 5.06. The summed E-state index contributed by atoms with van der Waals surface area (Å²) in [5, 5.41) is 3.50. The monoisotopic (exact) mass is 275 g/mol. The minimum absolute atomic E-state index is 0.403. The number of imidazole rings is 1. The smallest absolute Gasteiger partial charge is 0.109 e. The number of fused-ring (bicyclic) bond motifs is 1. The highest BCUT2D eigenvalue weighted by atomic mass is 16.5. The summed E-state index contributed by atoms with van der Waals surface area (Å²) in [6.45, 7) is 7.17. The van der Waals surface area contributed by atoms with E-state index in [1.807, 2.05) is 6.07 Å². The summed E-state index contributed by atoms with van der Waals surface area (Å²) in [6.07, 6.45) is 2.01. The van der Waals surface area contributed by atoms with E-state index in [2.05, 4.69) is 41.9 Å². The van der Waals surface area contributed by atoms with Crippen LogP contribution < -0.4 is 5.32 Å². The van der Waals surface area contributed by atoms with Gasteiger partial charge in [-0.2, -0.15) is 0 Å². The Kier molecular flexibility index (Phi) is 5.56. The van der Waals surface area contributed by atoms with Crippen molar-refractivity contribution >= 4 is 11.0 Å². The fourth-order valence-electron chi connectivity index (χ4n) is 2.58. The molecule has 0 amide bonds. The molecule has 20 heavy (non-hydrogen) atoms. The Labute approximate surface area is 121 Å². The topological polar surface area (TPSA) is 39.1 Å². The van der Waals surface area contributed by atoms with Crippen molar-refractivity contribution in [3.05, 3.63) is 30.1 Å². The van der Waals surface area contributed by atoms with E-state index in [0.29, 0.717) is 6.04 Å². The summed E-state index contributed by atoms with van der Waals surface area (Å²) >= 11 is 0. The first-order valence-electron chi connectivity index (χ1n) is 7.43. The Morgan fingerprint density at radius 1 is 1.35 bits per heavy atom. The van der Waals surface area contributed by atoms with Crippen LogP contribution in [-0.2, 0) is 11.2 Å². The van der Waals surface area contributed by atoms with Gasteiger partial charge in [0, 0.05) is 32.7 Å². The summed E-state index contributed by atoms with van der Waals surface area (Å²) in [4.78, 5) is 4.73. The van der Waals surface area contributed by atoms with E-state index in [1.165, 1.54) is 5.52 Å². The van der Waals surface area contributed by atoms with Gasteiger partial charge < -0.3 is 14.6 Å². The van der Waals surface area contributed by atoms with Crippen LogP contribution in [-0.4, -0.2) is 36.4 Å². The number of methoxy groups -OCH3 is 1. The number of hydrogen-bond donors (Lipinski definition) is 1. The lowest BCUT2D eigenvalue weighted by atomic mass is 10.2. The molecule has 1 N–H and O–H groups in total. The van der Waals surface area contributed by atoms with Gasteiger partial charge in [0.1, 0.15) is 5.82 Å². The van der Waals surface area contributed by atoms with E-state index in [-0.39, 0.29) is 0 Å². The van der Waals surface area contributed by atoms with Crippen molar-refractivity contribution in [2.75, 3.05) is 26.8 Å². The molecule has 0 aliphatic carbocycles. The minimum atomic E-state index is 0.403. The van der Waals surface area contributed by atoms with Gasteiger partial charge in [0.2, 0.25) is 0 Å². The first kappa shape index (κ1) is 15.0. The van der Waals surface area contributed by atoms with Gasteiger partial charge in [-0.25, -0.2) is 4.98 Å². The van der Waals surface area contributed by atoms with Crippen LogP contribution in [0, 0.1) is 0 Å². The Morgan fingerprint density at radius 2 is 2.15 bits per heavy atom. The van der Waals surface area contributed by atoms with Crippen molar-refractivity contribution in [3.8, 4) is 0 Å². The molecule has 0 bridgehead atoms. The number of benzene rings is 1. The average molecular weight is 275 g/mol. The lowest BCUT2D eigenvalue weighted by Crippen LogP contribution is -2.26. The molecular weight excluding hydrogens is 250 g/mol. The molecule has 1 aromatic heterocycles. The van der Waals surface area contributed by atoms with Crippen molar-refractivity contribution in [1.29, 1.82) is 0 Å². The fraction of sp³-hybridized carbons (Fsp3) is 0.562. The van der Waals surface area contributed by atoms with E-state index < -0.39 is 0 Å². The molecule has 0 saturated heterocycles. The number of rotatable bonds is 8. The SMILES string of the molecule is CCc1nc2ccccc2n1C(C)CNCCCOC. The minimum Gasteiger partial charge on any atom is -0.385 e. The van der Waals surface area contributed by atoms with Crippen LogP contribution in [0.5, 0.6) is 0 Å². The summed E-state index contributed by atoms with van der Waals surface area (Å²) in [7, 11) is 1.74. The molecule has 1 unspecified atom stereocenters. The van der Waals surface area contributed by atoms with Crippen LogP contribution in [0.2, 0.25) is 0 Å². The van der Waals surface area contributed by atoms with Crippen LogP contribution in [0.3, 0.4) is 0 Å². The third kappa shape index (κ3) is 3.38. The molecule has 0 aliphatic heterocycles. The average Bonchev–Trinajstić information content (AvgIpc) is 2.85. The molecule has 4 heteroatoms. The van der Waals surface area contributed by atoms with E-state index in [4.69, 9.17) is 9.72 Å². The zero-order chi connectivity index (χ0) is 14.4. The molecule has 0 spiro atoms. The standard InChI is InChI=1S/C16H25N3O/c1-4-16-18-14-8-5-6-9-15(14)19(16)13(2)12-17-10-7-11-20-3/h5-6,8-9,13,17H,4,7,10-12H2,1-3H3. The summed E-state index contributed by atoms with van der Waals surface area (Å²) < 4.78 is 7.42.